The number of hydrogen-bond donors (Lipinski definition) is 0. The second kappa shape index (κ2) is 5.73. The second-order valence-electron chi connectivity index (χ2n) is 8.21. The van der Waals surface area contributed by atoms with Crippen LogP contribution in [-0.4, -0.2) is 23.8 Å². The van der Waals surface area contributed by atoms with Crippen molar-refractivity contribution in [3.63, 3.8) is 0 Å². The first-order valence-electron chi connectivity index (χ1n) is 9.44. The number of ketones is 2. The smallest absolute Gasteiger partial charge is 0.154 e. The monoisotopic (exact) mass is 378 g/mol. The molecule has 0 radical (unpaired) electrons. The van der Waals surface area contributed by atoms with Crippen LogP contribution in [0.2, 0.25) is 0 Å². The summed E-state index contributed by atoms with van der Waals surface area (Å²) in [5.74, 6) is -1.20. The molecule has 138 valence electrons. The molecule has 2 bridgehead atoms. The lowest BCUT2D eigenvalue weighted by Gasteiger charge is -2.20. The molecule has 1 aliphatic carbocycles. The molecule has 27 heavy (non-hydrogen) atoms. The molecule has 3 nitrogen and oxygen atoms in total. The van der Waals surface area contributed by atoms with E-state index in [1.54, 1.807) is 11.3 Å². The zero-order valence-electron chi connectivity index (χ0n) is 15.9. The standard InChI is InChI=1S/C23H22O3S/c1-10-5-11(2)17(12(3)6-10)19-21(24)18-16-7-14(15-9-27-8-13(15)4)23(26-16)20(18)22(19)25/h5-9,16,18-20,23H,1-4H3/t16-,18-,19?,20+,23+/m0/s1. The van der Waals surface area contributed by atoms with Crippen LogP contribution in [0.25, 0.3) is 5.57 Å². The summed E-state index contributed by atoms with van der Waals surface area (Å²) in [6.07, 6.45) is 1.55. The van der Waals surface area contributed by atoms with Gasteiger partial charge in [-0.2, -0.15) is 11.3 Å². The highest BCUT2D eigenvalue weighted by atomic mass is 32.1. The van der Waals surface area contributed by atoms with E-state index in [0.29, 0.717) is 0 Å². The second-order valence-corrected chi connectivity index (χ2v) is 8.96. The van der Waals surface area contributed by atoms with Crippen LogP contribution in [0.15, 0.2) is 29.0 Å². The highest BCUT2D eigenvalue weighted by molar-refractivity contribution is 7.08. The van der Waals surface area contributed by atoms with Crippen LogP contribution < -0.4 is 0 Å². The van der Waals surface area contributed by atoms with E-state index in [1.807, 2.05) is 20.8 Å². The summed E-state index contributed by atoms with van der Waals surface area (Å²) in [4.78, 5) is 26.8. The quantitative estimate of drug-likeness (QED) is 0.731. The fourth-order valence-electron chi connectivity index (χ4n) is 5.43. The van der Waals surface area contributed by atoms with E-state index in [4.69, 9.17) is 4.74 Å². The lowest BCUT2D eigenvalue weighted by molar-refractivity contribution is -0.127. The van der Waals surface area contributed by atoms with E-state index >= 15 is 0 Å². The Morgan fingerprint density at radius 2 is 1.56 bits per heavy atom. The number of hydrogen-bond acceptors (Lipinski definition) is 4. The number of thiophene rings is 1. The molecule has 0 N–H and O–H groups in total. The van der Waals surface area contributed by atoms with E-state index in [0.717, 1.165) is 33.4 Å². The predicted molar refractivity (Wildman–Crippen MR) is 106 cm³/mol. The van der Waals surface area contributed by atoms with Gasteiger partial charge in [0.25, 0.3) is 0 Å². The molecule has 1 unspecified atom stereocenters. The SMILES string of the molecule is Cc1cc(C)c(C2C(=O)[C@@H]3[C@H](C2=O)[C@@H]2O[C@H]3C=C2c2cscc2C)c(C)c1. The fourth-order valence-corrected chi connectivity index (χ4v) is 6.29. The van der Waals surface area contributed by atoms with E-state index < -0.39 is 5.92 Å². The molecule has 0 spiro atoms. The van der Waals surface area contributed by atoms with Crippen LogP contribution in [0.5, 0.6) is 0 Å². The molecule has 1 saturated heterocycles. The van der Waals surface area contributed by atoms with Crippen molar-refractivity contribution in [2.75, 3.05) is 0 Å². The van der Waals surface area contributed by atoms with Gasteiger partial charge in [0.15, 0.2) is 11.6 Å². The predicted octanol–water partition coefficient (Wildman–Crippen LogP) is 4.31. The topological polar surface area (TPSA) is 43.4 Å². The third-order valence-electron chi connectivity index (χ3n) is 6.44. The maximum absolute atomic E-state index is 13.5. The van der Waals surface area contributed by atoms with Gasteiger partial charge in [-0.05, 0) is 77.9 Å². The zero-order valence-corrected chi connectivity index (χ0v) is 16.7. The largest absolute Gasteiger partial charge is 0.365 e. The molecule has 1 saturated carbocycles. The Balaban J connectivity index is 1.56. The van der Waals surface area contributed by atoms with Crippen LogP contribution in [0.4, 0.5) is 0 Å². The van der Waals surface area contributed by atoms with Crippen molar-refractivity contribution in [3.05, 3.63) is 62.3 Å². The van der Waals surface area contributed by atoms with Crippen molar-refractivity contribution in [1.82, 2.24) is 0 Å². The molecular formula is C23H22O3S. The minimum atomic E-state index is -0.633. The van der Waals surface area contributed by atoms with Crippen LogP contribution in [0, 0.1) is 39.5 Å². The van der Waals surface area contributed by atoms with Gasteiger partial charge in [0.1, 0.15) is 5.92 Å². The van der Waals surface area contributed by atoms with Gasteiger partial charge in [0.2, 0.25) is 0 Å². The Morgan fingerprint density at radius 1 is 0.889 bits per heavy atom. The third-order valence-corrected chi connectivity index (χ3v) is 7.30. The van der Waals surface area contributed by atoms with Crippen molar-refractivity contribution < 1.29 is 14.3 Å². The van der Waals surface area contributed by atoms with Crippen molar-refractivity contribution in [2.45, 2.75) is 45.8 Å². The molecule has 1 aromatic heterocycles. The first-order valence-corrected chi connectivity index (χ1v) is 10.4. The molecule has 2 aromatic rings. The first kappa shape index (κ1) is 17.1. The number of aryl methyl sites for hydroxylation is 4. The molecular weight excluding hydrogens is 356 g/mol. The fraction of sp³-hybridized carbons (Fsp3) is 0.391. The number of ether oxygens (including phenoxy) is 1. The Bertz CT molecular complexity index is 1000. The van der Waals surface area contributed by atoms with Crippen molar-refractivity contribution >= 4 is 28.5 Å². The van der Waals surface area contributed by atoms with Crippen LogP contribution in [0.1, 0.15) is 39.3 Å². The van der Waals surface area contributed by atoms with Crippen molar-refractivity contribution in [2.24, 2.45) is 11.8 Å². The lowest BCUT2D eigenvalue weighted by atomic mass is 9.79. The van der Waals surface area contributed by atoms with Crippen LogP contribution in [0.3, 0.4) is 0 Å². The highest BCUT2D eigenvalue weighted by Crippen LogP contribution is 2.54. The van der Waals surface area contributed by atoms with Gasteiger partial charge in [-0.15, -0.1) is 0 Å². The number of rotatable bonds is 2. The lowest BCUT2D eigenvalue weighted by Crippen LogP contribution is -2.28. The van der Waals surface area contributed by atoms with Gasteiger partial charge in [-0.3, -0.25) is 9.59 Å². The Kier molecular flexibility index (Phi) is 3.62. The number of carbonyl (C=O) groups is 2. The van der Waals surface area contributed by atoms with E-state index in [9.17, 15) is 9.59 Å². The number of benzene rings is 1. The molecule has 3 heterocycles. The Labute approximate surface area is 163 Å². The van der Waals surface area contributed by atoms with E-state index in [2.05, 4.69) is 35.9 Å². The Hall–Kier alpha value is -2.04. The first-order chi connectivity index (χ1) is 12.9. The molecule has 3 aliphatic rings. The molecule has 2 fully saturated rings. The van der Waals surface area contributed by atoms with E-state index in [-0.39, 0.29) is 35.6 Å². The van der Waals surface area contributed by atoms with Crippen LogP contribution in [-0.2, 0) is 14.3 Å². The average molecular weight is 378 g/mol. The van der Waals surface area contributed by atoms with E-state index in [1.165, 1.54) is 5.56 Å². The number of Topliss-reactive ketones (excluding diaryl/α,β-unsaturated/α-hetero) is 2. The van der Waals surface area contributed by atoms with Crippen molar-refractivity contribution in [3.8, 4) is 0 Å². The van der Waals surface area contributed by atoms with Crippen LogP contribution >= 0.6 is 11.3 Å². The van der Waals surface area contributed by atoms with Gasteiger partial charge in [-0.25, -0.2) is 0 Å². The van der Waals surface area contributed by atoms with Gasteiger partial charge in [-0.1, -0.05) is 17.7 Å². The van der Waals surface area contributed by atoms with Gasteiger partial charge >= 0.3 is 0 Å². The van der Waals surface area contributed by atoms with Gasteiger partial charge < -0.3 is 4.74 Å². The summed E-state index contributed by atoms with van der Waals surface area (Å²) in [7, 11) is 0. The molecule has 5 rings (SSSR count). The number of fused-ring (bicyclic) bond motifs is 5. The molecule has 2 aliphatic heterocycles. The zero-order chi connectivity index (χ0) is 19.0. The highest BCUT2D eigenvalue weighted by Gasteiger charge is 2.63. The minimum Gasteiger partial charge on any atom is -0.365 e. The van der Waals surface area contributed by atoms with Crippen molar-refractivity contribution in [1.29, 1.82) is 0 Å². The minimum absolute atomic E-state index is 0.0462. The summed E-state index contributed by atoms with van der Waals surface area (Å²) >= 11 is 1.66. The number of carbonyl (C=O) groups excluding carboxylic acids is 2. The summed E-state index contributed by atoms with van der Waals surface area (Å²) in [6.45, 7) is 8.14. The molecule has 1 aromatic carbocycles. The average Bonchev–Trinajstić information content (AvgIpc) is 3.33. The summed E-state index contributed by atoms with van der Waals surface area (Å²) in [5.41, 5.74) is 7.61. The molecule has 4 heteroatoms. The van der Waals surface area contributed by atoms with Gasteiger partial charge in [0, 0.05) is 0 Å². The maximum Gasteiger partial charge on any atom is 0.154 e. The summed E-state index contributed by atoms with van der Waals surface area (Å²) in [5, 5.41) is 4.23. The summed E-state index contributed by atoms with van der Waals surface area (Å²) < 4.78 is 6.11. The summed E-state index contributed by atoms with van der Waals surface area (Å²) in [6, 6.07) is 4.14. The maximum atomic E-state index is 13.5. The Morgan fingerprint density at radius 3 is 2.19 bits per heavy atom. The molecule has 0 amide bonds. The van der Waals surface area contributed by atoms with Gasteiger partial charge in [0.05, 0.1) is 24.0 Å². The normalized spacial score (nSPS) is 31.6. The molecule has 5 atom stereocenters. The third kappa shape index (κ3) is 2.23.